The maximum Gasteiger partial charge on any atom is 0.130 e. The van der Waals surface area contributed by atoms with E-state index >= 15 is 0 Å². The lowest BCUT2D eigenvalue weighted by Crippen LogP contribution is -1.90. The van der Waals surface area contributed by atoms with Crippen LogP contribution in [-0.2, 0) is 6.61 Å². The molecule has 2 aromatic rings. The molecule has 94 valence electrons. The van der Waals surface area contributed by atoms with Crippen molar-refractivity contribution in [2.24, 2.45) is 0 Å². The predicted octanol–water partition coefficient (Wildman–Crippen LogP) is 4.07. The summed E-state index contributed by atoms with van der Waals surface area (Å²) in [4.78, 5) is 0. The smallest absolute Gasteiger partial charge is 0.130 e. The Labute approximate surface area is 110 Å². The van der Waals surface area contributed by atoms with Crippen molar-refractivity contribution >= 4 is 11.6 Å². The summed E-state index contributed by atoms with van der Waals surface area (Å²) >= 11 is 5.91. The highest BCUT2D eigenvalue weighted by atomic mass is 35.5. The second-order valence-electron chi connectivity index (χ2n) is 3.97. The van der Waals surface area contributed by atoms with E-state index in [1.807, 2.05) is 6.92 Å². The first-order chi connectivity index (χ1) is 8.58. The number of halogens is 2. The summed E-state index contributed by atoms with van der Waals surface area (Å²) in [6.07, 6.45) is 0. The van der Waals surface area contributed by atoms with Crippen LogP contribution in [0.25, 0.3) is 0 Å². The second kappa shape index (κ2) is 5.38. The van der Waals surface area contributed by atoms with Gasteiger partial charge in [-0.1, -0.05) is 11.6 Å². The van der Waals surface area contributed by atoms with Gasteiger partial charge in [-0.05, 0) is 48.4 Å². The van der Waals surface area contributed by atoms with E-state index in [2.05, 4.69) is 0 Å². The standard InChI is InChI=1S/C14H12ClFO2/c1-9-4-12(2-3-14(9)15)18-13-6-10(8-17)5-11(16)7-13/h2-7,17H,8H2,1H3. The van der Waals surface area contributed by atoms with Crippen LogP contribution in [0, 0.1) is 12.7 Å². The highest BCUT2D eigenvalue weighted by molar-refractivity contribution is 6.31. The van der Waals surface area contributed by atoms with E-state index in [-0.39, 0.29) is 6.61 Å². The van der Waals surface area contributed by atoms with E-state index in [4.69, 9.17) is 21.4 Å². The minimum absolute atomic E-state index is 0.228. The topological polar surface area (TPSA) is 29.5 Å². The van der Waals surface area contributed by atoms with Crippen LogP contribution in [-0.4, -0.2) is 5.11 Å². The summed E-state index contributed by atoms with van der Waals surface area (Å²) in [5.41, 5.74) is 1.35. The van der Waals surface area contributed by atoms with E-state index < -0.39 is 5.82 Å². The Bertz CT molecular complexity index is 570. The first-order valence-electron chi connectivity index (χ1n) is 5.43. The zero-order chi connectivity index (χ0) is 13.1. The van der Waals surface area contributed by atoms with Gasteiger partial charge in [0, 0.05) is 11.1 Å². The van der Waals surface area contributed by atoms with E-state index in [0.29, 0.717) is 22.1 Å². The average Bonchev–Trinajstić information content (AvgIpc) is 2.33. The van der Waals surface area contributed by atoms with Gasteiger partial charge >= 0.3 is 0 Å². The molecule has 0 bridgehead atoms. The molecular formula is C14H12ClFO2. The van der Waals surface area contributed by atoms with Crippen molar-refractivity contribution in [1.29, 1.82) is 0 Å². The van der Waals surface area contributed by atoms with Crippen molar-refractivity contribution in [1.82, 2.24) is 0 Å². The summed E-state index contributed by atoms with van der Waals surface area (Å²) in [5, 5.41) is 9.64. The third kappa shape index (κ3) is 3.00. The van der Waals surface area contributed by atoms with Crippen molar-refractivity contribution in [2.45, 2.75) is 13.5 Å². The third-order valence-electron chi connectivity index (χ3n) is 2.48. The van der Waals surface area contributed by atoms with Gasteiger partial charge in [0.05, 0.1) is 6.61 Å². The largest absolute Gasteiger partial charge is 0.457 e. The highest BCUT2D eigenvalue weighted by Crippen LogP contribution is 2.27. The van der Waals surface area contributed by atoms with Crippen LogP contribution < -0.4 is 4.74 Å². The third-order valence-corrected chi connectivity index (χ3v) is 2.90. The molecule has 0 aromatic heterocycles. The zero-order valence-electron chi connectivity index (χ0n) is 9.78. The average molecular weight is 267 g/mol. The van der Waals surface area contributed by atoms with Crippen molar-refractivity contribution in [2.75, 3.05) is 0 Å². The molecule has 0 aliphatic carbocycles. The molecule has 0 aliphatic heterocycles. The number of aliphatic hydroxyl groups is 1. The number of benzene rings is 2. The SMILES string of the molecule is Cc1cc(Oc2cc(F)cc(CO)c2)ccc1Cl. The summed E-state index contributed by atoms with van der Waals surface area (Å²) < 4.78 is 18.8. The molecule has 0 spiro atoms. The normalized spacial score (nSPS) is 10.4. The fourth-order valence-electron chi connectivity index (χ4n) is 1.59. The number of hydrogen-bond acceptors (Lipinski definition) is 2. The number of aryl methyl sites for hydroxylation is 1. The molecule has 1 N–H and O–H groups in total. The molecule has 2 nitrogen and oxygen atoms in total. The molecule has 0 aliphatic rings. The number of ether oxygens (including phenoxy) is 1. The molecule has 0 atom stereocenters. The summed E-state index contributed by atoms with van der Waals surface area (Å²) in [5.74, 6) is 0.481. The van der Waals surface area contributed by atoms with Crippen LogP contribution in [0.3, 0.4) is 0 Å². The molecular weight excluding hydrogens is 255 g/mol. The van der Waals surface area contributed by atoms with Crippen LogP contribution in [0.1, 0.15) is 11.1 Å². The minimum Gasteiger partial charge on any atom is -0.457 e. The first kappa shape index (κ1) is 12.9. The van der Waals surface area contributed by atoms with Crippen molar-refractivity contribution < 1.29 is 14.2 Å². The Hall–Kier alpha value is -1.58. The van der Waals surface area contributed by atoms with Crippen LogP contribution >= 0.6 is 11.6 Å². The molecule has 0 saturated carbocycles. The van der Waals surface area contributed by atoms with Gasteiger partial charge in [0.25, 0.3) is 0 Å². The maximum atomic E-state index is 13.2. The van der Waals surface area contributed by atoms with Gasteiger partial charge in [0.15, 0.2) is 0 Å². The van der Waals surface area contributed by atoms with Crippen molar-refractivity contribution in [3.8, 4) is 11.5 Å². The lowest BCUT2D eigenvalue weighted by atomic mass is 10.2. The Kier molecular flexibility index (Phi) is 3.84. The van der Waals surface area contributed by atoms with E-state index in [0.717, 1.165) is 5.56 Å². The monoisotopic (exact) mass is 266 g/mol. The van der Waals surface area contributed by atoms with Crippen LogP contribution in [0.4, 0.5) is 4.39 Å². The molecule has 0 amide bonds. The Morgan fingerprint density at radius 2 is 1.94 bits per heavy atom. The van der Waals surface area contributed by atoms with Crippen LogP contribution in [0.15, 0.2) is 36.4 Å². The molecule has 2 rings (SSSR count). The summed E-state index contributed by atoms with van der Waals surface area (Å²) in [6, 6.07) is 9.32. The maximum absolute atomic E-state index is 13.2. The molecule has 0 radical (unpaired) electrons. The van der Waals surface area contributed by atoms with E-state index in [1.165, 1.54) is 12.1 Å². The number of rotatable bonds is 3. The van der Waals surface area contributed by atoms with Gasteiger partial charge in [-0.25, -0.2) is 4.39 Å². The van der Waals surface area contributed by atoms with Gasteiger partial charge in [-0.2, -0.15) is 0 Å². The Balaban J connectivity index is 2.27. The summed E-state index contributed by atoms with van der Waals surface area (Å²) in [7, 11) is 0. The molecule has 2 aromatic carbocycles. The molecule has 0 heterocycles. The van der Waals surface area contributed by atoms with E-state index in [1.54, 1.807) is 24.3 Å². The fraction of sp³-hybridized carbons (Fsp3) is 0.143. The van der Waals surface area contributed by atoms with Crippen molar-refractivity contribution in [3.05, 3.63) is 58.4 Å². The van der Waals surface area contributed by atoms with Crippen LogP contribution in [0.5, 0.6) is 11.5 Å². The number of hydrogen-bond donors (Lipinski definition) is 1. The van der Waals surface area contributed by atoms with Crippen molar-refractivity contribution in [3.63, 3.8) is 0 Å². The van der Waals surface area contributed by atoms with Gasteiger partial charge in [0.2, 0.25) is 0 Å². The molecule has 0 saturated heterocycles. The van der Waals surface area contributed by atoms with Gasteiger partial charge < -0.3 is 9.84 Å². The molecule has 18 heavy (non-hydrogen) atoms. The van der Waals surface area contributed by atoms with Gasteiger partial charge in [0.1, 0.15) is 17.3 Å². The number of aliphatic hydroxyl groups excluding tert-OH is 1. The fourth-order valence-corrected chi connectivity index (χ4v) is 1.71. The molecule has 0 unspecified atom stereocenters. The first-order valence-corrected chi connectivity index (χ1v) is 5.80. The van der Waals surface area contributed by atoms with E-state index in [9.17, 15) is 4.39 Å². The molecule has 0 fully saturated rings. The summed E-state index contributed by atoms with van der Waals surface area (Å²) in [6.45, 7) is 1.63. The Morgan fingerprint density at radius 3 is 2.61 bits per heavy atom. The Morgan fingerprint density at radius 1 is 1.17 bits per heavy atom. The predicted molar refractivity (Wildman–Crippen MR) is 68.6 cm³/mol. The lowest BCUT2D eigenvalue weighted by molar-refractivity contribution is 0.280. The minimum atomic E-state index is -0.442. The quantitative estimate of drug-likeness (QED) is 0.907. The van der Waals surface area contributed by atoms with Gasteiger partial charge in [-0.15, -0.1) is 0 Å². The lowest BCUT2D eigenvalue weighted by Gasteiger charge is -2.08. The highest BCUT2D eigenvalue weighted by Gasteiger charge is 2.04. The molecule has 4 heteroatoms. The zero-order valence-corrected chi connectivity index (χ0v) is 10.5. The van der Waals surface area contributed by atoms with Crippen LogP contribution in [0.2, 0.25) is 5.02 Å². The second-order valence-corrected chi connectivity index (χ2v) is 4.37. The van der Waals surface area contributed by atoms with Gasteiger partial charge in [-0.3, -0.25) is 0 Å².